The van der Waals surface area contributed by atoms with E-state index in [0.29, 0.717) is 31.9 Å². The molecule has 1 aliphatic heterocycles. The molecule has 0 fully saturated rings. The SMILES string of the molecule is Nc1cccc(CCCNC(=O)N2CCC(CC(=O)O)c3ccccc3C2)n1. The van der Waals surface area contributed by atoms with E-state index >= 15 is 0 Å². The Balaban J connectivity index is 1.55. The molecule has 0 saturated heterocycles. The van der Waals surface area contributed by atoms with Crippen molar-refractivity contribution in [1.82, 2.24) is 15.2 Å². The Bertz CT molecular complexity index is 840. The molecule has 7 nitrogen and oxygen atoms in total. The van der Waals surface area contributed by atoms with E-state index in [1.54, 1.807) is 11.0 Å². The number of anilines is 1. The molecule has 1 aliphatic rings. The van der Waals surface area contributed by atoms with Crippen molar-refractivity contribution in [3.63, 3.8) is 0 Å². The molecule has 0 radical (unpaired) electrons. The number of fused-ring (bicyclic) bond motifs is 1. The quantitative estimate of drug-likeness (QED) is 0.666. The largest absolute Gasteiger partial charge is 0.481 e. The third-order valence-corrected chi connectivity index (χ3v) is 5.03. The highest BCUT2D eigenvalue weighted by Crippen LogP contribution is 2.31. The number of carbonyl (C=O) groups is 2. The molecule has 28 heavy (non-hydrogen) atoms. The number of pyridine rings is 1. The lowest BCUT2D eigenvalue weighted by atomic mass is 9.90. The molecule has 1 atom stereocenters. The molecule has 0 saturated carbocycles. The zero-order valence-electron chi connectivity index (χ0n) is 15.8. The van der Waals surface area contributed by atoms with Gasteiger partial charge in [-0.05, 0) is 48.4 Å². The standard InChI is InChI=1S/C21H26N4O3/c22-19-9-3-6-17(24-19)7-4-11-23-21(28)25-12-10-15(13-20(26)27)18-8-2-1-5-16(18)14-25/h1-3,5-6,8-9,15H,4,7,10-14H2,(H2,22,24)(H,23,28)(H,26,27). The summed E-state index contributed by atoms with van der Waals surface area (Å²) in [4.78, 5) is 29.8. The summed E-state index contributed by atoms with van der Waals surface area (Å²) in [6.07, 6.45) is 2.24. The number of urea groups is 1. The van der Waals surface area contributed by atoms with Crippen LogP contribution in [0.1, 0.15) is 42.0 Å². The summed E-state index contributed by atoms with van der Waals surface area (Å²) >= 11 is 0. The van der Waals surface area contributed by atoms with Gasteiger partial charge in [0.2, 0.25) is 0 Å². The number of carboxylic acid groups (broad SMARTS) is 1. The maximum absolute atomic E-state index is 12.6. The van der Waals surface area contributed by atoms with Crippen molar-refractivity contribution in [3.05, 3.63) is 59.3 Å². The van der Waals surface area contributed by atoms with Crippen molar-refractivity contribution in [2.45, 2.75) is 38.1 Å². The van der Waals surface area contributed by atoms with Crippen LogP contribution in [-0.2, 0) is 17.8 Å². The van der Waals surface area contributed by atoms with Crippen molar-refractivity contribution in [2.75, 3.05) is 18.8 Å². The molecule has 4 N–H and O–H groups in total. The monoisotopic (exact) mass is 382 g/mol. The third-order valence-electron chi connectivity index (χ3n) is 5.03. The lowest BCUT2D eigenvalue weighted by molar-refractivity contribution is -0.137. The fourth-order valence-electron chi connectivity index (χ4n) is 3.64. The first-order valence-corrected chi connectivity index (χ1v) is 9.56. The number of nitrogen functional groups attached to an aromatic ring is 1. The van der Waals surface area contributed by atoms with E-state index in [0.717, 1.165) is 29.7 Å². The van der Waals surface area contributed by atoms with Crippen LogP contribution in [0, 0.1) is 0 Å². The van der Waals surface area contributed by atoms with E-state index in [4.69, 9.17) is 5.73 Å². The summed E-state index contributed by atoms with van der Waals surface area (Å²) in [6.45, 7) is 1.58. The lowest BCUT2D eigenvalue weighted by Crippen LogP contribution is -2.40. The maximum atomic E-state index is 12.6. The minimum absolute atomic E-state index is 0.0684. The van der Waals surface area contributed by atoms with Crippen molar-refractivity contribution in [1.29, 1.82) is 0 Å². The Labute approximate surface area is 164 Å². The molecule has 2 heterocycles. The number of carboxylic acids is 1. The minimum Gasteiger partial charge on any atom is -0.481 e. The van der Waals surface area contributed by atoms with Gasteiger partial charge in [-0.2, -0.15) is 0 Å². The van der Waals surface area contributed by atoms with Gasteiger partial charge in [0.25, 0.3) is 0 Å². The van der Waals surface area contributed by atoms with Crippen molar-refractivity contribution < 1.29 is 14.7 Å². The van der Waals surface area contributed by atoms with E-state index in [1.807, 2.05) is 36.4 Å². The second-order valence-electron chi connectivity index (χ2n) is 7.09. The number of benzene rings is 1. The molecule has 2 aromatic rings. The second-order valence-corrected chi connectivity index (χ2v) is 7.09. The number of aryl methyl sites for hydroxylation is 1. The molecular formula is C21H26N4O3. The van der Waals surface area contributed by atoms with Crippen LogP contribution in [0.2, 0.25) is 0 Å². The smallest absolute Gasteiger partial charge is 0.317 e. The number of hydrogen-bond donors (Lipinski definition) is 3. The second kappa shape index (κ2) is 9.21. The highest BCUT2D eigenvalue weighted by atomic mass is 16.4. The van der Waals surface area contributed by atoms with Crippen LogP contribution in [0.3, 0.4) is 0 Å². The van der Waals surface area contributed by atoms with E-state index in [9.17, 15) is 14.7 Å². The summed E-state index contributed by atoms with van der Waals surface area (Å²) < 4.78 is 0. The predicted molar refractivity (Wildman–Crippen MR) is 107 cm³/mol. The van der Waals surface area contributed by atoms with E-state index in [-0.39, 0.29) is 18.4 Å². The van der Waals surface area contributed by atoms with Gasteiger partial charge in [0.1, 0.15) is 5.82 Å². The molecule has 2 amide bonds. The molecule has 0 aliphatic carbocycles. The van der Waals surface area contributed by atoms with Crippen LogP contribution in [0.4, 0.5) is 10.6 Å². The molecule has 1 aromatic heterocycles. The number of nitrogens with one attached hydrogen (secondary N) is 1. The van der Waals surface area contributed by atoms with Gasteiger partial charge in [-0.3, -0.25) is 4.79 Å². The molecule has 0 spiro atoms. The Morgan fingerprint density at radius 1 is 1.21 bits per heavy atom. The van der Waals surface area contributed by atoms with Gasteiger partial charge in [0.15, 0.2) is 0 Å². The first-order chi connectivity index (χ1) is 13.5. The van der Waals surface area contributed by atoms with Gasteiger partial charge in [-0.25, -0.2) is 9.78 Å². The van der Waals surface area contributed by atoms with Crippen LogP contribution < -0.4 is 11.1 Å². The summed E-state index contributed by atoms with van der Waals surface area (Å²) in [7, 11) is 0. The number of nitrogens with zero attached hydrogens (tertiary/aromatic N) is 2. The number of carbonyl (C=O) groups excluding carboxylic acids is 1. The van der Waals surface area contributed by atoms with Gasteiger partial charge < -0.3 is 21.1 Å². The molecule has 1 unspecified atom stereocenters. The Kier molecular flexibility index (Phi) is 6.47. The van der Waals surface area contributed by atoms with Crippen LogP contribution >= 0.6 is 0 Å². The zero-order valence-corrected chi connectivity index (χ0v) is 15.8. The van der Waals surface area contributed by atoms with Gasteiger partial charge in [-0.1, -0.05) is 30.3 Å². The number of amides is 2. The van der Waals surface area contributed by atoms with Crippen LogP contribution in [0.5, 0.6) is 0 Å². The van der Waals surface area contributed by atoms with E-state index in [2.05, 4.69) is 10.3 Å². The normalized spacial score (nSPS) is 16.1. The number of nitrogens with two attached hydrogens (primary N) is 1. The molecule has 148 valence electrons. The average molecular weight is 382 g/mol. The Hall–Kier alpha value is -3.09. The fraction of sp³-hybridized carbons (Fsp3) is 0.381. The number of aliphatic carboxylic acids is 1. The fourth-order valence-corrected chi connectivity index (χ4v) is 3.64. The summed E-state index contributed by atoms with van der Waals surface area (Å²) in [6, 6.07) is 13.2. The average Bonchev–Trinajstić information content (AvgIpc) is 2.85. The Morgan fingerprint density at radius 2 is 2.04 bits per heavy atom. The molecule has 0 bridgehead atoms. The van der Waals surface area contributed by atoms with Crippen LogP contribution in [0.25, 0.3) is 0 Å². The third kappa shape index (κ3) is 5.22. The topological polar surface area (TPSA) is 109 Å². The predicted octanol–water partition coefficient (Wildman–Crippen LogP) is 2.77. The molecule has 7 heteroatoms. The zero-order chi connectivity index (χ0) is 19.9. The number of rotatable bonds is 6. The van der Waals surface area contributed by atoms with E-state index < -0.39 is 5.97 Å². The van der Waals surface area contributed by atoms with Gasteiger partial charge in [0, 0.05) is 25.3 Å². The minimum atomic E-state index is -0.812. The molecular weight excluding hydrogens is 356 g/mol. The van der Waals surface area contributed by atoms with Crippen molar-refractivity contribution in [2.24, 2.45) is 0 Å². The van der Waals surface area contributed by atoms with Crippen molar-refractivity contribution in [3.8, 4) is 0 Å². The van der Waals surface area contributed by atoms with Gasteiger partial charge >= 0.3 is 12.0 Å². The van der Waals surface area contributed by atoms with E-state index in [1.165, 1.54) is 0 Å². The number of aromatic nitrogens is 1. The lowest BCUT2D eigenvalue weighted by Gasteiger charge is -2.21. The highest BCUT2D eigenvalue weighted by Gasteiger charge is 2.26. The Morgan fingerprint density at radius 3 is 2.82 bits per heavy atom. The van der Waals surface area contributed by atoms with Crippen LogP contribution in [0.15, 0.2) is 42.5 Å². The van der Waals surface area contributed by atoms with Crippen molar-refractivity contribution >= 4 is 17.8 Å². The van der Waals surface area contributed by atoms with Gasteiger partial charge in [0.05, 0.1) is 6.42 Å². The first-order valence-electron chi connectivity index (χ1n) is 9.56. The summed E-state index contributed by atoms with van der Waals surface area (Å²) in [5.74, 6) is -0.380. The maximum Gasteiger partial charge on any atom is 0.317 e. The highest BCUT2D eigenvalue weighted by molar-refractivity contribution is 5.74. The molecule has 3 rings (SSSR count). The van der Waals surface area contributed by atoms with Crippen LogP contribution in [-0.4, -0.2) is 40.1 Å². The number of hydrogen-bond acceptors (Lipinski definition) is 4. The van der Waals surface area contributed by atoms with Gasteiger partial charge in [-0.15, -0.1) is 0 Å². The first kappa shape index (κ1) is 19.7. The summed E-state index contributed by atoms with van der Waals surface area (Å²) in [5.41, 5.74) is 8.64. The molecule has 1 aromatic carbocycles. The summed E-state index contributed by atoms with van der Waals surface area (Å²) in [5, 5.41) is 12.2.